The number of halogens is 1. The topological polar surface area (TPSA) is 64.8 Å². The molecule has 126 valence electrons. The third-order valence-corrected chi connectivity index (χ3v) is 7.42. The lowest BCUT2D eigenvalue weighted by molar-refractivity contribution is 0.509. The molecule has 0 bridgehead atoms. The van der Waals surface area contributed by atoms with Crippen molar-refractivity contribution in [3.63, 3.8) is 0 Å². The van der Waals surface area contributed by atoms with Gasteiger partial charge in [0, 0.05) is 5.39 Å². The molecule has 0 saturated carbocycles. The van der Waals surface area contributed by atoms with Gasteiger partial charge in [-0.1, -0.05) is 11.6 Å². The van der Waals surface area contributed by atoms with Crippen LogP contribution >= 0.6 is 22.9 Å². The third-order valence-electron chi connectivity index (χ3n) is 4.41. The first kappa shape index (κ1) is 16.1. The summed E-state index contributed by atoms with van der Waals surface area (Å²) < 4.78 is 26.2. The van der Waals surface area contributed by atoms with Gasteiger partial charge < -0.3 is 0 Å². The van der Waals surface area contributed by atoms with Gasteiger partial charge in [0.1, 0.15) is 0 Å². The summed E-state index contributed by atoms with van der Waals surface area (Å²) in [6.45, 7) is 3.98. The number of sulfone groups is 1. The SMILES string of the molecule is Cc1cc(-c2ccc(Cl)s2)nc2c1c(C)nn2C1CCS(=O)(=O)C1. The van der Waals surface area contributed by atoms with E-state index in [1.807, 2.05) is 32.0 Å². The molecule has 8 heteroatoms. The second-order valence-corrected chi connectivity index (χ2v) is 10.2. The van der Waals surface area contributed by atoms with Gasteiger partial charge in [-0.2, -0.15) is 5.10 Å². The molecule has 1 fully saturated rings. The van der Waals surface area contributed by atoms with E-state index >= 15 is 0 Å². The van der Waals surface area contributed by atoms with E-state index in [0.717, 1.165) is 37.2 Å². The van der Waals surface area contributed by atoms with Gasteiger partial charge in [-0.3, -0.25) is 0 Å². The van der Waals surface area contributed by atoms with Crippen LogP contribution in [0.1, 0.15) is 23.7 Å². The van der Waals surface area contributed by atoms with Gasteiger partial charge in [0.2, 0.25) is 0 Å². The number of aryl methyl sites for hydroxylation is 2. The van der Waals surface area contributed by atoms with Gasteiger partial charge in [-0.25, -0.2) is 18.1 Å². The Bertz CT molecular complexity index is 1050. The first-order valence-electron chi connectivity index (χ1n) is 7.67. The lowest BCUT2D eigenvalue weighted by Crippen LogP contribution is -2.13. The molecule has 1 aliphatic rings. The Kier molecular flexibility index (Phi) is 3.71. The van der Waals surface area contributed by atoms with Crippen LogP contribution in [-0.2, 0) is 9.84 Å². The van der Waals surface area contributed by atoms with Crippen LogP contribution in [0.4, 0.5) is 0 Å². The normalized spacial score (nSPS) is 20.0. The Hall–Kier alpha value is -1.44. The molecule has 0 amide bonds. The second kappa shape index (κ2) is 5.54. The predicted molar refractivity (Wildman–Crippen MR) is 97.6 cm³/mol. The van der Waals surface area contributed by atoms with Crippen molar-refractivity contribution in [1.82, 2.24) is 14.8 Å². The lowest BCUT2D eigenvalue weighted by atomic mass is 10.1. The monoisotopic (exact) mass is 381 g/mol. The molecule has 1 unspecified atom stereocenters. The van der Waals surface area contributed by atoms with Crippen molar-refractivity contribution in [3.8, 4) is 10.6 Å². The van der Waals surface area contributed by atoms with E-state index in [1.54, 1.807) is 4.68 Å². The Morgan fingerprint density at radius 1 is 1.33 bits per heavy atom. The molecule has 1 saturated heterocycles. The van der Waals surface area contributed by atoms with Gasteiger partial charge in [-0.05, 0) is 44.0 Å². The first-order chi connectivity index (χ1) is 11.3. The highest BCUT2D eigenvalue weighted by Gasteiger charge is 2.31. The number of aromatic nitrogens is 3. The molecule has 1 aliphatic heterocycles. The van der Waals surface area contributed by atoms with Crippen molar-refractivity contribution in [1.29, 1.82) is 0 Å². The lowest BCUT2D eigenvalue weighted by Gasteiger charge is -2.10. The molecule has 0 spiro atoms. The maximum absolute atomic E-state index is 11.8. The van der Waals surface area contributed by atoms with E-state index in [0.29, 0.717) is 6.42 Å². The van der Waals surface area contributed by atoms with E-state index in [2.05, 4.69) is 5.10 Å². The predicted octanol–water partition coefficient (Wildman–Crippen LogP) is 3.79. The number of fused-ring (bicyclic) bond motifs is 1. The minimum absolute atomic E-state index is 0.138. The number of hydrogen-bond donors (Lipinski definition) is 0. The Morgan fingerprint density at radius 2 is 2.12 bits per heavy atom. The molecule has 0 N–H and O–H groups in total. The fraction of sp³-hybridized carbons (Fsp3) is 0.375. The van der Waals surface area contributed by atoms with Gasteiger partial charge >= 0.3 is 0 Å². The minimum atomic E-state index is -2.98. The molecule has 1 atom stereocenters. The third kappa shape index (κ3) is 2.64. The average molecular weight is 382 g/mol. The number of rotatable bonds is 2. The van der Waals surface area contributed by atoms with Crippen molar-refractivity contribution in [3.05, 3.63) is 33.8 Å². The number of nitrogens with zero attached hydrogens (tertiary/aromatic N) is 3. The molecule has 5 nitrogen and oxygen atoms in total. The summed E-state index contributed by atoms with van der Waals surface area (Å²) in [5, 5.41) is 5.61. The van der Waals surface area contributed by atoms with E-state index in [1.165, 1.54) is 11.3 Å². The van der Waals surface area contributed by atoms with Crippen LogP contribution in [0.5, 0.6) is 0 Å². The Balaban J connectivity index is 1.91. The van der Waals surface area contributed by atoms with Crippen LogP contribution in [0.2, 0.25) is 4.34 Å². The van der Waals surface area contributed by atoms with Crippen molar-refractivity contribution in [2.24, 2.45) is 0 Å². The van der Waals surface area contributed by atoms with Gasteiger partial charge in [-0.15, -0.1) is 11.3 Å². The summed E-state index contributed by atoms with van der Waals surface area (Å²) in [5.41, 5.74) is 3.58. The molecule has 0 aliphatic carbocycles. The molecule has 0 aromatic carbocycles. The summed E-state index contributed by atoms with van der Waals surface area (Å²) in [7, 11) is -2.98. The zero-order valence-corrected chi connectivity index (χ0v) is 15.7. The molecule has 24 heavy (non-hydrogen) atoms. The molecular formula is C16H16ClN3O2S2. The summed E-state index contributed by atoms with van der Waals surface area (Å²) in [6.07, 6.45) is 0.592. The fourth-order valence-electron chi connectivity index (χ4n) is 3.33. The number of pyridine rings is 1. The minimum Gasteiger partial charge on any atom is -0.243 e. The van der Waals surface area contributed by atoms with E-state index in [4.69, 9.17) is 16.6 Å². The fourth-order valence-corrected chi connectivity index (χ4v) is 6.02. The summed E-state index contributed by atoms with van der Waals surface area (Å²) in [6, 6.07) is 5.71. The zero-order chi connectivity index (χ0) is 17.1. The van der Waals surface area contributed by atoms with E-state index < -0.39 is 9.84 Å². The highest BCUT2D eigenvalue weighted by Crippen LogP contribution is 2.34. The first-order valence-corrected chi connectivity index (χ1v) is 10.7. The van der Waals surface area contributed by atoms with Crippen molar-refractivity contribution >= 4 is 43.8 Å². The van der Waals surface area contributed by atoms with Crippen LogP contribution in [0.15, 0.2) is 18.2 Å². The van der Waals surface area contributed by atoms with E-state index in [9.17, 15) is 8.42 Å². The Labute approximate surface area is 149 Å². The molecule has 4 rings (SSSR count). The second-order valence-electron chi connectivity index (χ2n) is 6.21. The quantitative estimate of drug-likeness (QED) is 0.677. The summed E-state index contributed by atoms with van der Waals surface area (Å²) >= 11 is 7.53. The van der Waals surface area contributed by atoms with Crippen molar-refractivity contribution in [2.45, 2.75) is 26.3 Å². The summed E-state index contributed by atoms with van der Waals surface area (Å²) in [4.78, 5) is 5.79. The smallest absolute Gasteiger partial charge is 0.159 e. The van der Waals surface area contributed by atoms with Crippen LogP contribution in [0.3, 0.4) is 0 Å². The molecule has 4 heterocycles. The molecule has 3 aromatic rings. The Morgan fingerprint density at radius 3 is 2.75 bits per heavy atom. The maximum atomic E-state index is 11.8. The van der Waals surface area contributed by atoms with Crippen molar-refractivity contribution in [2.75, 3.05) is 11.5 Å². The van der Waals surface area contributed by atoms with Crippen molar-refractivity contribution < 1.29 is 8.42 Å². The maximum Gasteiger partial charge on any atom is 0.159 e. The van der Waals surface area contributed by atoms with E-state index in [-0.39, 0.29) is 17.5 Å². The summed E-state index contributed by atoms with van der Waals surface area (Å²) in [5.74, 6) is 0.357. The van der Waals surface area contributed by atoms with Crippen LogP contribution in [0, 0.1) is 13.8 Å². The van der Waals surface area contributed by atoms with Crippen LogP contribution in [-0.4, -0.2) is 34.7 Å². The molecule has 0 radical (unpaired) electrons. The van der Waals surface area contributed by atoms with Crippen LogP contribution < -0.4 is 0 Å². The van der Waals surface area contributed by atoms with Gasteiger partial charge in [0.25, 0.3) is 0 Å². The van der Waals surface area contributed by atoms with Gasteiger partial charge in [0.15, 0.2) is 15.5 Å². The largest absolute Gasteiger partial charge is 0.243 e. The van der Waals surface area contributed by atoms with Crippen LogP contribution in [0.25, 0.3) is 21.6 Å². The van der Waals surface area contributed by atoms with Gasteiger partial charge in [0.05, 0.1) is 38.1 Å². The number of thiophene rings is 1. The standard InChI is InChI=1S/C16H16ClN3O2S2/c1-9-7-12(13-3-4-14(17)23-13)18-16-15(9)10(2)19-20(16)11-5-6-24(21,22)8-11/h3-4,7,11H,5-6,8H2,1-2H3. The molecular weight excluding hydrogens is 366 g/mol. The average Bonchev–Trinajstić information content (AvgIpc) is 3.17. The zero-order valence-electron chi connectivity index (χ0n) is 13.3. The highest BCUT2D eigenvalue weighted by atomic mass is 35.5. The number of hydrogen-bond acceptors (Lipinski definition) is 5. The molecule has 3 aromatic heterocycles. The highest BCUT2D eigenvalue weighted by molar-refractivity contribution is 7.91.